The lowest BCUT2D eigenvalue weighted by Crippen LogP contribution is -2.24. The first-order chi connectivity index (χ1) is 10.2. The first-order valence-corrected chi connectivity index (χ1v) is 6.55. The van der Waals surface area contributed by atoms with Crippen LogP contribution in [0.15, 0.2) is 44.0 Å². The van der Waals surface area contributed by atoms with E-state index >= 15 is 0 Å². The molecule has 0 saturated carbocycles. The lowest BCUT2D eigenvalue weighted by molar-refractivity contribution is 0.0924. The maximum Gasteiger partial charge on any atom is 0.302 e. The van der Waals surface area contributed by atoms with Gasteiger partial charge in [0.25, 0.3) is 5.91 Å². The predicted molar refractivity (Wildman–Crippen MR) is 76.3 cm³/mol. The molecule has 0 bridgehead atoms. The SMILES string of the molecule is O=C(NCCCO)c1cc2c(=O)c3ccccc3oc2o1. The van der Waals surface area contributed by atoms with Crippen LogP contribution < -0.4 is 10.7 Å². The highest BCUT2D eigenvalue weighted by Gasteiger charge is 2.17. The largest absolute Gasteiger partial charge is 0.425 e. The Kier molecular flexibility index (Phi) is 3.45. The van der Waals surface area contributed by atoms with E-state index in [-0.39, 0.29) is 29.0 Å². The molecule has 0 fully saturated rings. The fourth-order valence-corrected chi connectivity index (χ4v) is 2.08. The number of amides is 1. The second-order valence-electron chi connectivity index (χ2n) is 4.57. The molecule has 3 aromatic rings. The van der Waals surface area contributed by atoms with Crippen LogP contribution in [0.5, 0.6) is 0 Å². The van der Waals surface area contributed by atoms with Crippen molar-refractivity contribution in [3.8, 4) is 0 Å². The van der Waals surface area contributed by atoms with Crippen LogP contribution in [-0.2, 0) is 0 Å². The zero-order chi connectivity index (χ0) is 14.8. The van der Waals surface area contributed by atoms with E-state index < -0.39 is 5.91 Å². The van der Waals surface area contributed by atoms with E-state index in [4.69, 9.17) is 13.9 Å². The fraction of sp³-hybridized carbons (Fsp3) is 0.200. The zero-order valence-electron chi connectivity index (χ0n) is 11.1. The molecule has 1 amide bonds. The average Bonchev–Trinajstić information content (AvgIpc) is 2.92. The molecule has 1 aromatic carbocycles. The van der Waals surface area contributed by atoms with Crippen molar-refractivity contribution in [2.24, 2.45) is 0 Å². The molecule has 0 aliphatic heterocycles. The minimum absolute atomic E-state index is 0.00809. The first-order valence-electron chi connectivity index (χ1n) is 6.55. The van der Waals surface area contributed by atoms with Gasteiger partial charge in [-0.3, -0.25) is 9.59 Å². The van der Waals surface area contributed by atoms with Gasteiger partial charge in [0.05, 0.1) is 5.39 Å². The molecule has 6 heteroatoms. The molecule has 3 rings (SSSR count). The molecule has 2 heterocycles. The van der Waals surface area contributed by atoms with Gasteiger partial charge in [0.15, 0.2) is 5.76 Å². The number of benzene rings is 1. The van der Waals surface area contributed by atoms with Gasteiger partial charge in [0.2, 0.25) is 5.43 Å². The lowest BCUT2D eigenvalue weighted by Gasteiger charge is -1.99. The third kappa shape index (κ3) is 2.41. The Balaban J connectivity index is 2.04. The van der Waals surface area contributed by atoms with Crippen LogP contribution in [0.25, 0.3) is 22.1 Å². The van der Waals surface area contributed by atoms with Gasteiger partial charge < -0.3 is 19.3 Å². The molecular formula is C15H13NO5. The van der Waals surface area contributed by atoms with Gasteiger partial charge in [0, 0.05) is 19.2 Å². The van der Waals surface area contributed by atoms with E-state index in [0.29, 0.717) is 23.9 Å². The number of rotatable bonds is 4. The first kappa shape index (κ1) is 13.4. The van der Waals surface area contributed by atoms with E-state index in [1.54, 1.807) is 24.3 Å². The second kappa shape index (κ2) is 5.41. The monoisotopic (exact) mass is 287 g/mol. The maximum absolute atomic E-state index is 12.3. The van der Waals surface area contributed by atoms with E-state index in [0.717, 1.165) is 0 Å². The number of hydrogen-bond acceptors (Lipinski definition) is 5. The smallest absolute Gasteiger partial charge is 0.302 e. The van der Waals surface area contributed by atoms with E-state index in [9.17, 15) is 9.59 Å². The van der Waals surface area contributed by atoms with E-state index in [1.165, 1.54) is 6.07 Å². The highest BCUT2D eigenvalue weighted by Crippen LogP contribution is 2.21. The van der Waals surface area contributed by atoms with Crippen molar-refractivity contribution in [2.45, 2.75) is 6.42 Å². The van der Waals surface area contributed by atoms with Crippen molar-refractivity contribution < 1.29 is 18.7 Å². The molecule has 0 atom stereocenters. The predicted octanol–water partition coefficient (Wildman–Crippen LogP) is 1.65. The number of carbonyl (C=O) groups excluding carboxylic acids is 1. The van der Waals surface area contributed by atoms with Crippen molar-refractivity contribution in [3.63, 3.8) is 0 Å². The van der Waals surface area contributed by atoms with Gasteiger partial charge in [-0.1, -0.05) is 12.1 Å². The summed E-state index contributed by atoms with van der Waals surface area (Å²) in [6, 6.07) is 8.20. The van der Waals surface area contributed by atoms with Crippen LogP contribution in [0, 0.1) is 0 Å². The maximum atomic E-state index is 12.3. The quantitative estimate of drug-likeness (QED) is 0.712. The zero-order valence-corrected chi connectivity index (χ0v) is 11.1. The summed E-state index contributed by atoms with van der Waals surface area (Å²) in [6.07, 6.45) is 0.451. The Morgan fingerprint density at radius 2 is 2.00 bits per heavy atom. The van der Waals surface area contributed by atoms with Crippen LogP contribution in [0.4, 0.5) is 0 Å². The van der Waals surface area contributed by atoms with Crippen molar-refractivity contribution in [2.75, 3.05) is 13.2 Å². The van der Waals surface area contributed by atoms with Gasteiger partial charge in [-0.15, -0.1) is 0 Å². The summed E-state index contributed by atoms with van der Waals surface area (Å²) in [6.45, 7) is 0.321. The second-order valence-corrected chi connectivity index (χ2v) is 4.57. The highest BCUT2D eigenvalue weighted by molar-refractivity contribution is 5.97. The summed E-state index contributed by atoms with van der Waals surface area (Å²) in [7, 11) is 0. The van der Waals surface area contributed by atoms with Crippen molar-refractivity contribution in [3.05, 3.63) is 46.3 Å². The molecule has 108 valence electrons. The Morgan fingerprint density at radius 3 is 2.81 bits per heavy atom. The summed E-state index contributed by atoms with van der Waals surface area (Å²) in [4.78, 5) is 24.2. The molecule has 0 radical (unpaired) electrons. The third-order valence-electron chi connectivity index (χ3n) is 3.12. The molecule has 0 aliphatic carbocycles. The highest BCUT2D eigenvalue weighted by atomic mass is 16.5. The topological polar surface area (TPSA) is 92.7 Å². The Hall–Kier alpha value is -2.60. The Labute approximate surface area is 119 Å². The average molecular weight is 287 g/mol. The fourth-order valence-electron chi connectivity index (χ4n) is 2.08. The minimum Gasteiger partial charge on any atom is -0.425 e. The number of para-hydroxylation sites is 1. The normalized spacial score (nSPS) is 11.1. The van der Waals surface area contributed by atoms with Gasteiger partial charge in [0.1, 0.15) is 11.0 Å². The number of aliphatic hydroxyl groups is 1. The van der Waals surface area contributed by atoms with Gasteiger partial charge in [-0.05, 0) is 18.6 Å². The molecular weight excluding hydrogens is 274 g/mol. The van der Waals surface area contributed by atoms with Crippen LogP contribution in [-0.4, -0.2) is 24.2 Å². The number of carbonyl (C=O) groups is 1. The molecule has 0 unspecified atom stereocenters. The van der Waals surface area contributed by atoms with Crippen LogP contribution in [0.3, 0.4) is 0 Å². The number of nitrogens with one attached hydrogen (secondary N) is 1. The number of hydrogen-bond donors (Lipinski definition) is 2. The Bertz CT molecular complexity index is 861. The van der Waals surface area contributed by atoms with Crippen LogP contribution in [0.1, 0.15) is 17.0 Å². The summed E-state index contributed by atoms with van der Waals surface area (Å²) >= 11 is 0. The van der Waals surface area contributed by atoms with Crippen LogP contribution >= 0.6 is 0 Å². The lowest BCUT2D eigenvalue weighted by atomic mass is 10.2. The van der Waals surface area contributed by atoms with Gasteiger partial charge in [-0.2, -0.15) is 0 Å². The standard InChI is InChI=1S/C15H13NO5/c17-7-3-6-16-14(19)12-8-10-13(18)9-4-1-2-5-11(9)20-15(10)21-12/h1-2,4-5,8,17H,3,6-7H2,(H,16,19). The molecule has 2 N–H and O–H groups in total. The van der Waals surface area contributed by atoms with Crippen LogP contribution in [0.2, 0.25) is 0 Å². The van der Waals surface area contributed by atoms with Crippen molar-refractivity contribution >= 4 is 28.0 Å². The molecule has 2 aromatic heterocycles. The molecule has 6 nitrogen and oxygen atoms in total. The van der Waals surface area contributed by atoms with E-state index in [1.807, 2.05) is 0 Å². The van der Waals surface area contributed by atoms with E-state index in [2.05, 4.69) is 5.32 Å². The van der Waals surface area contributed by atoms with Crippen molar-refractivity contribution in [1.82, 2.24) is 5.32 Å². The molecule has 21 heavy (non-hydrogen) atoms. The number of fused-ring (bicyclic) bond motifs is 2. The minimum atomic E-state index is -0.446. The number of aliphatic hydroxyl groups excluding tert-OH is 1. The Morgan fingerprint density at radius 1 is 1.19 bits per heavy atom. The third-order valence-corrected chi connectivity index (χ3v) is 3.12. The molecule has 0 aliphatic rings. The molecule has 0 saturated heterocycles. The summed E-state index contributed by atoms with van der Waals surface area (Å²) in [5.74, 6) is -0.400. The summed E-state index contributed by atoms with van der Waals surface area (Å²) in [5.41, 5.74) is 0.182. The van der Waals surface area contributed by atoms with Gasteiger partial charge >= 0.3 is 5.78 Å². The van der Waals surface area contributed by atoms with Crippen molar-refractivity contribution in [1.29, 1.82) is 0 Å². The molecule has 0 spiro atoms. The summed E-state index contributed by atoms with van der Waals surface area (Å²) < 4.78 is 10.8. The van der Waals surface area contributed by atoms with Gasteiger partial charge in [-0.25, -0.2) is 0 Å². The number of furan rings is 1. The summed E-state index contributed by atoms with van der Waals surface area (Å²) in [5, 5.41) is 11.9.